The second kappa shape index (κ2) is 6.00. The molecule has 1 aromatic carbocycles. The SMILES string of the molecule is NCC1OCCN(C2CC2)C1c1ccc(Br)cc1[N+](=O)[O-]. The van der Waals surface area contributed by atoms with Crippen LogP contribution >= 0.6 is 15.9 Å². The summed E-state index contributed by atoms with van der Waals surface area (Å²) in [6.45, 7) is 1.80. The molecule has 0 amide bonds. The van der Waals surface area contributed by atoms with E-state index >= 15 is 0 Å². The number of nitrogens with zero attached hydrogens (tertiary/aromatic N) is 2. The van der Waals surface area contributed by atoms with Crippen molar-refractivity contribution in [3.8, 4) is 0 Å². The summed E-state index contributed by atoms with van der Waals surface area (Å²) in [5.74, 6) is 0. The zero-order valence-corrected chi connectivity index (χ0v) is 13.2. The molecule has 6 nitrogen and oxygen atoms in total. The highest BCUT2D eigenvalue weighted by atomic mass is 79.9. The summed E-state index contributed by atoms with van der Waals surface area (Å²) in [6.07, 6.45) is 2.11. The van der Waals surface area contributed by atoms with E-state index in [-0.39, 0.29) is 22.8 Å². The summed E-state index contributed by atoms with van der Waals surface area (Å²) in [6, 6.07) is 5.60. The maximum Gasteiger partial charge on any atom is 0.275 e. The molecule has 0 aromatic heterocycles. The van der Waals surface area contributed by atoms with Gasteiger partial charge in [0, 0.05) is 35.2 Å². The van der Waals surface area contributed by atoms with E-state index in [1.807, 2.05) is 12.1 Å². The number of benzene rings is 1. The molecule has 1 aliphatic heterocycles. The molecule has 1 saturated carbocycles. The number of ether oxygens (including phenoxy) is 1. The standard InChI is InChI=1S/C14H18BrN3O3/c15-9-1-4-11(12(7-9)18(19)20)14-13(8-16)21-6-5-17(14)10-2-3-10/h1,4,7,10,13-14H,2-3,5-6,8,16H2. The van der Waals surface area contributed by atoms with Gasteiger partial charge in [-0.05, 0) is 25.0 Å². The van der Waals surface area contributed by atoms with Gasteiger partial charge in [-0.1, -0.05) is 15.9 Å². The van der Waals surface area contributed by atoms with Gasteiger partial charge in [-0.15, -0.1) is 0 Å². The molecule has 1 aliphatic carbocycles. The van der Waals surface area contributed by atoms with E-state index in [0.29, 0.717) is 29.2 Å². The summed E-state index contributed by atoms with van der Waals surface area (Å²) in [5, 5.41) is 11.4. The first kappa shape index (κ1) is 14.9. The molecule has 0 bridgehead atoms. The number of nitro benzene ring substituents is 1. The first-order valence-corrected chi connectivity index (χ1v) is 7.92. The molecule has 0 spiro atoms. The first-order valence-electron chi connectivity index (χ1n) is 7.13. The van der Waals surface area contributed by atoms with Crippen molar-refractivity contribution in [3.63, 3.8) is 0 Å². The predicted octanol–water partition coefficient (Wildman–Crippen LogP) is 2.22. The Labute approximate surface area is 131 Å². The molecule has 3 rings (SSSR count). The summed E-state index contributed by atoms with van der Waals surface area (Å²) >= 11 is 3.30. The van der Waals surface area contributed by atoms with Crippen LogP contribution in [0.3, 0.4) is 0 Å². The van der Waals surface area contributed by atoms with Crippen molar-refractivity contribution in [3.05, 3.63) is 38.3 Å². The van der Waals surface area contributed by atoms with Gasteiger partial charge in [0.2, 0.25) is 0 Å². The summed E-state index contributed by atoms with van der Waals surface area (Å²) < 4.78 is 6.47. The third kappa shape index (κ3) is 2.96. The van der Waals surface area contributed by atoms with Crippen LogP contribution in [0.5, 0.6) is 0 Å². The van der Waals surface area contributed by atoms with Crippen LogP contribution in [-0.4, -0.2) is 41.7 Å². The molecule has 7 heteroatoms. The average molecular weight is 356 g/mol. The average Bonchev–Trinajstić information content (AvgIpc) is 3.31. The lowest BCUT2D eigenvalue weighted by atomic mass is 9.96. The Morgan fingerprint density at radius 2 is 2.24 bits per heavy atom. The quantitative estimate of drug-likeness (QED) is 0.661. The van der Waals surface area contributed by atoms with Crippen molar-refractivity contribution in [2.24, 2.45) is 5.73 Å². The van der Waals surface area contributed by atoms with Crippen LogP contribution in [0.2, 0.25) is 0 Å². The van der Waals surface area contributed by atoms with Gasteiger partial charge in [-0.2, -0.15) is 0 Å². The lowest BCUT2D eigenvalue weighted by Crippen LogP contribution is -2.49. The zero-order valence-electron chi connectivity index (χ0n) is 11.6. The fourth-order valence-electron chi connectivity index (χ4n) is 3.07. The van der Waals surface area contributed by atoms with Crippen LogP contribution in [0.25, 0.3) is 0 Å². The van der Waals surface area contributed by atoms with Crippen molar-refractivity contribution in [2.45, 2.75) is 31.0 Å². The van der Waals surface area contributed by atoms with E-state index in [9.17, 15) is 10.1 Å². The highest BCUT2D eigenvalue weighted by molar-refractivity contribution is 9.10. The maximum absolute atomic E-state index is 11.4. The number of hydrogen-bond donors (Lipinski definition) is 1. The number of morpholine rings is 1. The van der Waals surface area contributed by atoms with E-state index in [0.717, 1.165) is 19.4 Å². The molecular formula is C14H18BrN3O3. The van der Waals surface area contributed by atoms with Crippen LogP contribution in [-0.2, 0) is 4.74 Å². The highest BCUT2D eigenvalue weighted by Gasteiger charge is 2.43. The van der Waals surface area contributed by atoms with Gasteiger partial charge in [0.05, 0.1) is 23.7 Å². The minimum atomic E-state index is -0.326. The van der Waals surface area contributed by atoms with E-state index in [4.69, 9.17) is 10.5 Å². The second-order valence-corrected chi connectivity index (χ2v) is 6.43. The van der Waals surface area contributed by atoms with Crippen LogP contribution in [0.15, 0.2) is 22.7 Å². The molecule has 21 heavy (non-hydrogen) atoms. The smallest absolute Gasteiger partial charge is 0.275 e. The minimum Gasteiger partial charge on any atom is -0.374 e. The Kier molecular flexibility index (Phi) is 4.26. The monoisotopic (exact) mass is 355 g/mol. The van der Waals surface area contributed by atoms with Crippen molar-refractivity contribution >= 4 is 21.6 Å². The van der Waals surface area contributed by atoms with Crippen LogP contribution in [0, 0.1) is 10.1 Å². The van der Waals surface area contributed by atoms with Crippen LogP contribution in [0.4, 0.5) is 5.69 Å². The lowest BCUT2D eigenvalue weighted by Gasteiger charge is -2.41. The highest BCUT2D eigenvalue weighted by Crippen LogP contribution is 2.41. The number of hydrogen-bond acceptors (Lipinski definition) is 5. The second-order valence-electron chi connectivity index (χ2n) is 5.52. The predicted molar refractivity (Wildman–Crippen MR) is 82.1 cm³/mol. The summed E-state index contributed by atoms with van der Waals surface area (Å²) in [4.78, 5) is 13.4. The van der Waals surface area contributed by atoms with Gasteiger partial charge >= 0.3 is 0 Å². The van der Waals surface area contributed by atoms with Gasteiger partial charge in [-0.25, -0.2) is 0 Å². The largest absolute Gasteiger partial charge is 0.374 e. The van der Waals surface area contributed by atoms with Gasteiger partial charge in [0.1, 0.15) is 0 Å². The van der Waals surface area contributed by atoms with Gasteiger partial charge in [-0.3, -0.25) is 15.0 Å². The fourth-order valence-corrected chi connectivity index (χ4v) is 3.42. The Balaban J connectivity index is 2.03. The molecule has 2 aliphatic rings. The normalized spacial score (nSPS) is 26.8. The van der Waals surface area contributed by atoms with E-state index in [2.05, 4.69) is 20.8 Å². The maximum atomic E-state index is 11.4. The molecular weight excluding hydrogens is 338 g/mol. The summed E-state index contributed by atoms with van der Waals surface area (Å²) in [5.41, 5.74) is 6.67. The molecule has 2 unspecified atom stereocenters. The Bertz CT molecular complexity index is 550. The fraction of sp³-hybridized carbons (Fsp3) is 0.571. The molecule has 2 N–H and O–H groups in total. The lowest BCUT2D eigenvalue weighted by molar-refractivity contribution is -0.386. The molecule has 1 saturated heterocycles. The topological polar surface area (TPSA) is 81.6 Å². The minimum absolute atomic E-state index is 0.129. The molecule has 2 atom stereocenters. The molecule has 2 fully saturated rings. The Morgan fingerprint density at radius 3 is 2.86 bits per heavy atom. The number of halogens is 1. The van der Waals surface area contributed by atoms with Gasteiger partial charge in [0.25, 0.3) is 5.69 Å². The Hall–Kier alpha value is -1.02. The van der Waals surface area contributed by atoms with Crippen molar-refractivity contribution in [1.82, 2.24) is 4.90 Å². The Morgan fingerprint density at radius 1 is 1.48 bits per heavy atom. The third-order valence-electron chi connectivity index (χ3n) is 4.15. The number of rotatable bonds is 4. The van der Waals surface area contributed by atoms with Crippen molar-refractivity contribution in [2.75, 3.05) is 19.7 Å². The van der Waals surface area contributed by atoms with Crippen molar-refractivity contribution < 1.29 is 9.66 Å². The number of nitro groups is 1. The molecule has 1 aromatic rings. The van der Waals surface area contributed by atoms with Crippen molar-refractivity contribution in [1.29, 1.82) is 0 Å². The van der Waals surface area contributed by atoms with E-state index in [1.165, 1.54) is 0 Å². The summed E-state index contributed by atoms with van der Waals surface area (Å²) in [7, 11) is 0. The van der Waals surface area contributed by atoms with E-state index < -0.39 is 0 Å². The first-order chi connectivity index (χ1) is 10.1. The van der Waals surface area contributed by atoms with Gasteiger partial charge < -0.3 is 10.5 Å². The molecule has 0 radical (unpaired) electrons. The molecule has 114 valence electrons. The third-order valence-corrected chi connectivity index (χ3v) is 4.64. The zero-order chi connectivity index (χ0) is 15.0. The van der Waals surface area contributed by atoms with Crippen LogP contribution < -0.4 is 5.73 Å². The molecule has 1 heterocycles. The van der Waals surface area contributed by atoms with Gasteiger partial charge in [0.15, 0.2) is 0 Å². The van der Waals surface area contributed by atoms with Crippen LogP contribution in [0.1, 0.15) is 24.4 Å². The number of nitrogens with two attached hydrogens (primary N) is 1. The van der Waals surface area contributed by atoms with E-state index in [1.54, 1.807) is 6.07 Å².